The van der Waals surface area contributed by atoms with Gasteiger partial charge in [-0.25, -0.2) is 4.79 Å². The number of nitrogens with one attached hydrogen (secondary N) is 1. The molecule has 0 amide bonds. The van der Waals surface area contributed by atoms with E-state index in [4.69, 9.17) is 4.74 Å². The van der Waals surface area contributed by atoms with Gasteiger partial charge in [0.1, 0.15) is 6.67 Å². The maximum atomic E-state index is 11.4. The van der Waals surface area contributed by atoms with Gasteiger partial charge in [-0.3, -0.25) is 4.99 Å². The second-order valence-electron chi connectivity index (χ2n) is 2.80. The summed E-state index contributed by atoms with van der Waals surface area (Å²) in [7, 11) is 0. The minimum absolute atomic E-state index is 0.298. The molecule has 72 valence electrons. The molecule has 1 heterocycles. The minimum atomic E-state index is -0.298. The molecule has 0 fully saturated rings. The van der Waals surface area contributed by atoms with E-state index in [2.05, 4.69) is 10.3 Å². The van der Waals surface area contributed by atoms with Crippen molar-refractivity contribution < 1.29 is 9.53 Å². The molecule has 0 bridgehead atoms. The van der Waals surface area contributed by atoms with Gasteiger partial charge in [-0.15, -0.1) is 0 Å². The highest BCUT2D eigenvalue weighted by atomic mass is 16.5. The van der Waals surface area contributed by atoms with Gasteiger partial charge < -0.3 is 10.1 Å². The van der Waals surface area contributed by atoms with Crippen molar-refractivity contribution in [2.45, 2.75) is 20.8 Å². The molecule has 0 aromatic rings. The highest BCUT2D eigenvalue weighted by molar-refractivity contribution is 6.19. The normalized spacial score (nSPS) is 16.4. The average molecular weight is 182 g/mol. The van der Waals surface area contributed by atoms with E-state index in [9.17, 15) is 4.79 Å². The largest absolute Gasteiger partial charge is 0.462 e. The van der Waals surface area contributed by atoms with Crippen molar-refractivity contribution in [2.75, 3.05) is 13.3 Å². The van der Waals surface area contributed by atoms with Crippen LogP contribution in [0.25, 0.3) is 0 Å². The van der Waals surface area contributed by atoms with Crippen LogP contribution >= 0.6 is 0 Å². The summed E-state index contributed by atoms with van der Waals surface area (Å²) >= 11 is 0. The molecule has 0 spiro atoms. The van der Waals surface area contributed by atoms with Gasteiger partial charge in [0.15, 0.2) is 0 Å². The van der Waals surface area contributed by atoms with Crippen LogP contribution < -0.4 is 5.32 Å². The molecule has 0 atom stereocenters. The van der Waals surface area contributed by atoms with Gasteiger partial charge in [0, 0.05) is 5.70 Å². The van der Waals surface area contributed by atoms with Gasteiger partial charge in [0.25, 0.3) is 0 Å². The lowest BCUT2D eigenvalue weighted by atomic mass is 10.1. The molecule has 13 heavy (non-hydrogen) atoms. The lowest BCUT2D eigenvalue weighted by Gasteiger charge is -2.16. The zero-order valence-corrected chi connectivity index (χ0v) is 8.18. The number of nitrogens with zero attached hydrogens (tertiary/aromatic N) is 1. The number of ether oxygens (including phenoxy) is 1. The van der Waals surface area contributed by atoms with Crippen LogP contribution in [0.3, 0.4) is 0 Å². The summed E-state index contributed by atoms with van der Waals surface area (Å²) in [4.78, 5) is 15.5. The molecule has 0 aromatic carbocycles. The van der Waals surface area contributed by atoms with Crippen LogP contribution in [0.5, 0.6) is 0 Å². The fraction of sp³-hybridized carbons (Fsp3) is 0.556. The van der Waals surface area contributed by atoms with E-state index in [1.165, 1.54) is 0 Å². The second kappa shape index (κ2) is 4.07. The lowest BCUT2D eigenvalue weighted by Crippen LogP contribution is -2.27. The number of hydrogen-bond donors (Lipinski definition) is 1. The summed E-state index contributed by atoms with van der Waals surface area (Å²) in [5, 5.41) is 2.99. The van der Waals surface area contributed by atoms with E-state index in [1.54, 1.807) is 6.92 Å². The molecule has 0 radical (unpaired) electrons. The SMILES string of the molecule is CCOC(=O)C1=C(C)NCN=C1C. The minimum Gasteiger partial charge on any atom is -0.462 e. The van der Waals surface area contributed by atoms with E-state index < -0.39 is 0 Å². The summed E-state index contributed by atoms with van der Waals surface area (Å²) < 4.78 is 4.90. The lowest BCUT2D eigenvalue weighted by molar-refractivity contribution is -0.137. The first-order chi connectivity index (χ1) is 6.16. The molecule has 1 aliphatic heterocycles. The van der Waals surface area contributed by atoms with E-state index in [-0.39, 0.29) is 5.97 Å². The standard InChI is InChI=1S/C9H14N2O2/c1-4-13-9(12)8-6(2)10-5-11-7(8)3/h10H,4-5H2,1-3H3. The molecular formula is C9H14N2O2. The summed E-state index contributed by atoms with van der Waals surface area (Å²) in [6.45, 7) is 6.39. The number of allylic oxidation sites excluding steroid dienone is 1. The number of carbonyl (C=O) groups excluding carboxylic acids is 1. The van der Waals surface area contributed by atoms with Crippen molar-refractivity contribution in [2.24, 2.45) is 4.99 Å². The number of aliphatic imine (C=N–C) groups is 1. The summed E-state index contributed by atoms with van der Waals surface area (Å²) in [6.07, 6.45) is 0. The fourth-order valence-corrected chi connectivity index (χ4v) is 1.22. The number of rotatable bonds is 2. The number of hydrogen-bond acceptors (Lipinski definition) is 4. The third-order valence-corrected chi connectivity index (χ3v) is 1.88. The molecule has 1 N–H and O–H groups in total. The Morgan fingerprint density at radius 2 is 2.31 bits per heavy atom. The quantitative estimate of drug-likeness (QED) is 0.644. The van der Waals surface area contributed by atoms with Gasteiger partial charge >= 0.3 is 5.97 Å². The number of esters is 1. The first kappa shape index (κ1) is 9.77. The third kappa shape index (κ3) is 2.08. The smallest absolute Gasteiger partial charge is 0.341 e. The highest BCUT2D eigenvalue weighted by Crippen LogP contribution is 2.10. The molecule has 1 rings (SSSR count). The fourth-order valence-electron chi connectivity index (χ4n) is 1.22. The molecule has 0 aliphatic carbocycles. The van der Waals surface area contributed by atoms with Crippen LogP contribution in [0.15, 0.2) is 16.3 Å². The van der Waals surface area contributed by atoms with Gasteiger partial charge in [0.05, 0.1) is 17.9 Å². The third-order valence-electron chi connectivity index (χ3n) is 1.88. The summed E-state index contributed by atoms with van der Waals surface area (Å²) in [5.74, 6) is -0.298. The molecule has 1 aliphatic rings. The van der Waals surface area contributed by atoms with Crippen LogP contribution in [0, 0.1) is 0 Å². The van der Waals surface area contributed by atoms with Gasteiger partial charge in [-0.05, 0) is 20.8 Å². The molecule has 0 aromatic heterocycles. The Hall–Kier alpha value is -1.32. The first-order valence-electron chi connectivity index (χ1n) is 4.30. The predicted molar refractivity (Wildman–Crippen MR) is 50.4 cm³/mol. The average Bonchev–Trinajstić information content (AvgIpc) is 2.04. The summed E-state index contributed by atoms with van der Waals surface area (Å²) in [5.41, 5.74) is 2.15. The molecule has 4 heteroatoms. The van der Waals surface area contributed by atoms with Crippen LogP contribution in [-0.4, -0.2) is 25.0 Å². The Bertz CT molecular complexity index is 279. The van der Waals surface area contributed by atoms with Crippen molar-refractivity contribution in [3.63, 3.8) is 0 Å². The van der Waals surface area contributed by atoms with Crippen LogP contribution in [-0.2, 0) is 9.53 Å². The van der Waals surface area contributed by atoms with E-state index in [1.807, 2.05) is 13.8 Å². The molecular weight excluding hydrogens is 168 g/mol. The zero-order chi connectivity index (χ0) is 9.84. The van der Waals surface area contributed by atoms with Crippen LogP contribution in [0.4, 0.5) is 0 Å². The van der Waals surface area contributed by atoms with Crippen molar-refractivity contribution in [1.82, 2.24) is 5.32 Å². The molecule has 0 saturated heterocycles. The second-order valence-corrected chi connectivity index (χ2v) is 2.80. The van der Waals surface area contributed by atoms with E-state index in [0.717, 1.165) is 11.4 Å². The summed E-state index contributed by atoms with van der Waals surface area (Å²) in [6, 6.07) is 0. The van der Waals surface area contributed by atoms with E-state index in [0.29, 0.717) is 18.8 Å². The zero-order valence-electron chi connectivity index (χ0n) is 8.18. The van der Waals surface area contributed by atoms with E-state index >= 15 is 0 Å². The van der Waals surface area contributed by atoms with Crippen molar-refractivity contribution in [1.29, 1.82) is 0 Å². The van der Waals surface area contributed by atoms with Crippen molar-refractivity contribution in [3.05, 3.63) is 11.3 Å². The van der Waals surface area contributed by atoms with Crippen LogP contribution in [0.1, 0.15) is 20.8 Å². The van der Waals surface area contributed by atoms with Crippen molar-refractivity contribution >= 4 is 11.7 Å². The maximum absolute atomic E-state index is 11.4. The Balaban J connectivity index is 2.87. The Morgan fingerprint density at radius 3 is 2.85 bits per heavy atom. The Kier molecular flexibility index (Phi) is 3.06. The Morgan fingerprint density at radius 1 is 1.62 bits per heavy atom. The Labute approximate surface area is 77.7 Å². The first-order valence-corrected chi connectivity index (χ1v) is 4.30. The van der Waals surface area contributed by atoms with Gasteiger partial charge in [-0.2, -0.15) is 0 Å². The molecule has 0 unspecified atom stereocenters. The van der Waals surface area contributed by atoms with Gasteiger partial charge in [-0.1, -0.05) is 0 Å². The van der Waals surface area contributed by atoms with Crippen molar-refractivity contribution in [3.8, 4) is 0 Å². The number of carbonyl (C=O) groups is 1. The van der Waals surface area contributed by atoms with Crippen LogP contribution in [0.2, 0.25) is 0 Å². The topological polar surface area (TPSA) is 50.7 Å². The highest BCUT2D eigenvalue weighted by Gasteiger charge is 2.19. The monoisotopic (exact) mass is 182 g/mol. The maximum Gasteiger partial charge on any atom is 0.341 e. The predicted octanol–water partition coefficient (Wildman–Crippen LogP) is 0.845. The van der Waals surface area contributed by atoms with Gasteiger partial charge in [0.2, 0.25) is 0 Å². The molecule has 0 saturated carbocycles. The molecule has 4 nitrogen and oxygen atoms in total.